The number of pyridine rings is 1. The van der Waals surface area contributed by atoms with Crippen LogP contribution in [0.2, 0.25) is 5.15 Å². The van der Waals surface area contributed by atoms with E-state index in [1.54, 1.807) is 18.2 Å². The quantitative estimate of drug-likeness (QED) is 0.278. The Morgan fingerprint density at radius 3 is 2.90 bits per heavy atom. The van der Waals surface area contributed by atoms with Crippen LogP contribution in [0.3, 0.4) is 0 Å². The lowest BCUT2D eigenvalue weighted by atomic mass is 10.2. The molecule has 108 valence electrons. The smallest absolute Gasteiger partial charge is 0.274 e. The molecule has 0 unspecified atom stereocenters. The number of halogens is 3. The predicted octanol–water partition coefficient (Wildman–Crippen LogP) is 3.41. The summed E-state index contributed by atoms with van der Waals surface area (Å²) in [6, 6.07) is 6.75. The molecule has 8 heteroatoms. The summed E-state index contributed by atoms with van der Waals surface area (Å²) in [5.74, 6) is -0.349. The molecule has 0 aliphatic heterocycles. The molecule has 0 spiro atoms. The second-order valence-electron chi connectivity index (χ2n) is 3.87. The number of aromatic nitrogens is 1. The number of phenols is 1. The largest absolute Gasteiger partial charge is 0.506 e. The predicted molar refractivity (Wildman–Crippen MR) is 97.8 cm³/mol. The van der Waals surface area contributed by atoms with Crippen LogP contribution >= 0.6 is 56.8 Å². The molecule has 0 aliphatic rings. The van der Waals surface area contributed by atoms with Gasteiger partial charge < -0.3 is 5.11 Å². The highest BCUT2D eigenvalue weighted by Gasteiger charge is 2.09. The monoisotopic (exact) mass is 527 g/mol. The molecule has 0 saturated carbocycles. The number of benzene rings is 1. The van der Waals surface area contributed by atoms with E-state index in [1.807, 2.05) is 28.7 Å². The number of carbonyl (C=O) groups excluding carboxylic acids is 1. The van der Waals surface area contributed by atoms with E-state index in [1.165, 1.54) is 12.4 Å². The van der Waals surface area contributed by atoms with E-state index < -0.39 is 5.91 Å². The van der Waals surface area contributed by atoms with Crippen LogP contribution in [0.5, 0.6) is 5.75 Å². The molecule has 0 atom stereocenters. The number of amides is 1. The van der Waals surface area contributed by atoms with Crippen LogP contribution in [0, 0.1) is 7.14 Å². The number of nitrogens with zero attached hydrogens (tertiary/aromatic N) is 2. The molecule has 0 saturated heterocycles. The number of aromatic hydroxyl groups is 1. The van der Waals surface area contributed by atoms with Gasteiger partial charge in [-0.2, -0.15) is 5.10 Å². The van der Waals surface area contributed by atoms with Gasteiger partial charge >= 0.3 is 0 Å². The Labute approximate surface area is 153 Å². The lowest BCUT2D eigenvalue weighted by Gasteiger charge is -2.03. The van der Waals surface area contributed by atoms with Gasteiger partial charge in [0.1, 0.15) is 10.9 Å². The first kappa shape index (κ1) is 16.4. The highest BCUT2D eigenvalue weighted by atomic mass is 127. The summed E-state index contributed by atoms with van der Waals surface area (Å²) in [5, 5.41) is 13.8. The van der Waals surface area contributed by atoms with Gasteiger partial charge in [-0.3, -0.25) is 4.79 Å². The average molecular weight is 527 g/mol. The Bertz CT molecular complexity index is 723. The molecule has 1 aromatic heterocycles. The molecular weight excluding hydrogens is 519 g/mol. The standard InChI is InChI=1S/C13H8ClI2N3O2/c14-12-9(2-1-3-17-12)13(21)19-18-6-7-4-8(15)5-10(16)11(7)20/h1-6,20H,(H,19,21). The fourth-order valence-electron chi connectivity index (χ4n) is 1.46. The Morgan fingerprint density at radius 2 is 2.19 bits per heavy atom. The van der Waals surface area contributed by atoms with E-state index in [0.29, 0.717) is 9.13 Å². The van der Waals surface area contributed by atoms with Crippen LogP contribution in [0.1, 0.15) is 15.9 Å². The molecular formula is C13H8ClI2N3O2. The Morgan fingerprint density at radius 1 is 1.43 bits per heavy atom. The zero-order valence-electron chi connectivity index (χ0n) is 10.3. The summed E-state index contributed by atoms with van der Waals surface area (Å²) >= 11 is 9.98. The first-order valence-corrected chi connectivity index (χ1v) is 8.14. The molecule has 0 radical (unpaired) electrons. The van der Waals surface area contributed by atoms with Gasteiger partial charge in [0, 0.05) is 15.3 Å². The molecule has 2 rings (SSSR count). The Kier molecular flexibility index (Phi) is 5.76. The van der Waals surface area contributed by atoms with Crippen LogP contribution in [-0.2, 0) is 0 Å². The minimum Gasteiger partial charge on any atom is -0.506 e. The van der Waals surface area contributed by atoms with E-state index in [0.717, 1.165) is 3.57 Å². The van der Waals surface area contributed by atoms with Gasteiger partial charge in [0.25, 0.3) is 5.91 Å². The van der Waals surface area contributed by atoms with Crippen LogP contribution in [0.4, 0.5) is 0 Å². The van der Waals surface area contributed by atoms with Gasteiger partial charge in [0.05, 0.1) is 15.3 Å². The summed E-state index contributed by atoms with van der Waals surface area (Å²) in [6.45, 7) is 0. The number of hydrogen-bond acceptors (Lipinski definition) is 4. The van der Waals surface area contributed by atoms with E-state index in [4.69, 9.17) is 11.6 Å². The fourth-order valence-corrected chi connectivity index (χ4v) is 3.56. The number of carbonyl (C=O) groups is 1. The lowest BCUT2D eigenvalue weighted by Crippen LogP contribution is -2.18. The van der Waals surface area contributed by atoms with E-state index in [2.05, 4.69) is 38.1 Å². The lowest BCUT2D eigenvalue weighted by molar-refractivity contribution is 0.0955. The summed E-state index contributed by atoms with van der Waals surface area (Å²) in [5.41, 5.74) is 3.10. The normalized spacial score (nSPS) is 10.8. The van der Waals surface area contributed by atoms with Crippen LogP contribution in [-0.4, -0.2) is 22.2 Å². The van der Waals surface area contributed by atoms with Crippen LogP contribution in [0.15, 0.2) is 35.6 Å². The second kappa shape index (κ2) is 7.36. The van der Waals surface area contributed by atoms with Crippen molar-refractivity contribution in [3.05, 3.63) is 53.9 Å². The molecule has 2 N–H and O–H groups in total. The first-order chi connectivity index (χ1) is 9.99. The van der Waals surface area contributed by atoms with Gasteiger partial charge in [-0.05, 0) is 69.4 Å². The minimum atomic E-state index is -0.468. The van der Waals surface area contributed by atoms with E-state index >= 15 is 0 Å². The van der Waals surface area contributed by atoms with Crippen molar-refractivity contribution in [1.29, 1.82) is 0 Å². The van der Waals surface area contributed by atoms with Crippen molar-refractivity contribution in [2.24, 2.45) is 5.10 Å². The highest BCUT2D eigenvalue weighted by molar-refractivity contribution is 14.1. The summed E-state index contributed by atoms with van der Waals surface area (Å²) in [6.07, 6.45) is 2.87. The number of hydrazone groups is 1. The molecule has 1 amide bonds. The van der Waals surface area contributed by atoms with Gasteiger partial charge in [-0.1, -0.05) is 11.6 Å². The number of phenolic OH excluding ortho intramolecular Hbond substituents is 1. The number of nitrogens with one attached hydrogen (secondary N) is 1. The molecule has 21 heavy (non-hydrogen) atoms. The molecule has 5 nitrogen and oxygen atoms in total. The zero-order valence-corrected chi connectivity index (χ0v) is 15.4. The van der Waals surface area contributed by atoms with Gasteiger partial charge in [-0.25, -0.2) is 10.4 Å². The maximum atomic E-state index is 11.9. The van der Waals surface area contributed by atoms with Crippen molar-refractivity contribution in [3.8, 4) is 5.75 Å². The molecule has 1 heterocycles. The van der Waals surface area contributed by atoms with E-state index in [-0.39, 0.29) is 16.5 Å². The van der Waals surface area contributed by atoms with E-state index in [9.17, 15) is 9.90 Å². The minimum absolute atomic E-state index is 0.108. The molecule has 0 aliphatic carbocycles. The number of hydrogen-bond donors (Lipinski definition) is 2. The molecule has 0 bridgehead atoms. The third-order valence-electron chi connectivity index (χ3n) is 2.43. The highest BCUT2D eigenvalue weighted by Crippen LogP contribution is 2.25. The summed E-state index contributed by atoms with van der Waals surface area (Å²) in [4.78, 5) is 15.7. The second-order valence-corrected chi connectivity index (χ2v) is 6.63. The van der Waals surface area contributed by atoms with Crippen molar-refractivity contribution >= 4 is 68.9 Å². The Balaban J connectivity index is 2.13. The SMILES string of the molecule is O=C(NN=Cc1cc(I)cc(I)c1O)c1cccnc1Cl. The maximum absolute atomic E-state index is 11.9. The van der Waals surface area contributed by atoms with Gasteiger partial charge in [0.2, 0.25) is 0 Å². The van der Waals surface area contributed by atoms with Gasteiger partial charge in [0.15, 0.2) is 0 Å². The van der Waals surface area contributed by atoms with Crippen molar-refractivity contribution in [2.45, 2.75) is 0 Å². The fraction of sp³-hybridized carbons (Fsp3) is 0. The molecule has 1 aromatic carbocycles. The van der Waals surface area contributed by atoms with Crippen molar-refractivity contribution in [1.82, 2.24) is 10.4 Å². The maximum Gasteiger partial charge on any atom is 0.274 e. The van der Waals surface area contributed by atoms with Crippen LogP contribution in [0.25, 0.3) is 0 Å². The third kappa shape index (κ3) is 4.27. The van der Waals surface area contributed by atoms with Crippen molar-refractivity contribution in [3.63, 3.8) is 0 Å². The van der Waals surface area contributed by atoms with Crippen molar-refractivity contribution in [2.75, 3.05) is 0 Å². The third-order valence-corrected chi connectivity index (χ3v) is 4.18. The van der Waals surface area contributed by atoms with Gasteiger partial charge in [-0.15, -0.1) is 0 Å². The Hall–Kier alpha value is -0.940. The first-order valence-electron chi connectivity index (χ1n) is 5.61. The topological polar surface area (TPSA) is 74.6 Å². The number of rotatable bonds is 3. The molecule has 2 aromatic rings. The van der Waals surface area contributed by atoms with Crippen molar-refractivity contribution < 1.29 is 9.90 Å². The van der Waals surface area contributed by atoms with Crippen LogP contribution < -0.4 is 5.43 Å². The summed E-state index contributed by atoms with van der Waals surface area (Å²) in [7, 11) is 0. The molecule has 0 fully saturated rings. The summed E-state index contributed by atoms with van der Waals surface area (Å²) < 4.78 is 1.67. The zero-order chi connectivity index (χ0) is 15.4. The average Bonchev–Trinajstić information content (AvgIpc) is 2.44.